The van der Waals surface area contributed by atoms with Gasteiger partial charge in [-0.15, -0.1) is 0 Å². The highest BCUT2D eigenvalue weighted by Crippen LogP contribution is 2.43. The fourth-order valence-corrected chi connectivity index (χ4v) is 2.62. The van der Waals surface area contributed by atoms with Crippen LogP contribution in [0.4, 0.5) is 26.3 Å². The molecule has 0 bridgehead atoms. The summed E-state index contributed by atoms with van der Waals surface area (Å²) in [7, 11) is 0. The molecule has 3 atom stereocenters. The Labute approximate surface area is 102 Å². The third kappa shape index (κ3) is 4.66. The van der Waals surface area contributed by atoms with E-state index in [1.54, 1.807) is 0 Å². The van der Waals surface area contributed by atoms with Gasteiger partial charge in [0, 0.05) is 12.5 Å². The lowest BCUT2D eigenvalue weighted by Gasteiger charge is -2.36. The van der Waals surface area contributed by atoms with Crippen molar-refractivity contribution in [3.63, 3.8) is 0 Å². The fourth-order valence-electron chi connectivity index (χ4n) is 2.62. The van der Waals surface area contributed by atoms with Crippen LogP contribution in [0.3, 0.4) is 0 Å². The molecule has 0 aromatic carbocycles. The van der Waals surface area contributed by atoms with E-state index in [0.717, 1.165) is 0 Å². The monoisotopic (exact) mass is 277 g/mol. The van der Waals surface area contributed by atoms with E-state index < -0.39 is 43.1 Å². The van der Waals surface area contributed by atoms with Gasteiger partial charge in [-0.05, 0) is 25.2 Å². The van der Waals surface area contributed by atoms with Crippen molar-refractivity contribution in [2.45, 2.75) is 56.9 Å². The van der Waals surface area contributed by atoms with E-state index in [-0.39, 0.29) is 12.8 Å². The van der Waals surface area contributed by atoms with Crippen LogP contribution in [0.15, 0.2) is 0 Å². The number of halogens is 6. The summed E-state index contributed by atoms with van der Waals surface area (Å²) in [6.07, 6.45) is -8.95. The van der Waals surface area contributed by atoms with Crippen molar-refractivity contribution in [2.75, 3.05) is 0 Å². The SMILES string of the molecule is NC(CCC(F)(F)F)C1CCCCC1C(F)(F)F. The zero-order valence-corrected chi connectivity index (χ0v) is 9.82. The molecule has 1 nitrogen and oxygen atoms in total. The second-order valence-corrected chi connectivity index (χ2v) is 4.91. The van der Waals surface area contributed by atoms with E-state index in [0.29, 0.717) is 12.8 Å². The molecule has 3 unspecified atom stereocenters. The Balaban J connectivity index is 2.60. The van der Waals surface area contributed by atoms with Crippen molar-refractivity contribution in [1.29, 1.82) is 0 Å². The number of rotatable bonds is 3. The Bertz CT molecular complexity index is 259. The molecule has 0 aliphatic heterocycles. The summed E-state index contributed by atoms with van der Waals surface area (Å²) < 4.78 is 74.4. The molecule has 7 heteroatoms. The highest BCUT2D eigenvalue weighted by atomic mass is 19.4. The van der Waals surface area contributed by atoms with Crippen LogP contribution < -0.4 is 5.73 Å². The largest absolute Gasteiger partial charge is 0.392 e. The zero-order valence-electron chi connectivity index (χ0n) is 9.82. The van der Waals surface area contributed by atoms with Crippen LogP contribution in [-0.4, -0.2) is 18.4 Å². The average molecular weight is 277 g/mol. The molecule has 0 saturated heterocycles. The van der Waals surface area contributed by atoms with Crippen molar-refractivity contribution in [3.05, 3.63) is 0 Å². The maximum Gasteiger partial charge on any atom is 0.392 e. The Hall–Kier alpha value is -0.460. The quantitative estimate of drug-likeness (QED) is 0.774. The molecule has 1 saturated carbocycles. The Morgan fingerprint density at radius 3 is 2.06 bits per heavy atom. The molecule has 0 radical (unpaired) electrons. The van der Waals surface area contributed by atoms with Gasteiger partial charge >= 0.3 is 12.4 Å². The fraction of sp³-hybridized carbons (Fsp3) is 1.00. The standard InChI is InChI=1S/C11H17F6N/c12-10(13,14)6-5-9(18)7-3-1-2-4-8(7)11(15,16)17/h7-9H,1-6,18H2. The number of hydrogen-bond donors (Lipinski definition) is 1. The van der Waals surface area contributed by atoms with Crippen LogP contribution in [0.2, 0.25) is 0 Å². The molecule has 108 valence electrons. The highest BCUT2D eigenvalue weighted by Gasteiger charge is 2.47. The van der Waals surface area contributed by atoms with Gasteiger partial charge in [0.25, 0.3) is 0 Å². The topological polar surface area (TPSA) is 26.0 Å². The minimum absolute atomic E-state index is 0.0200. The maximum absolute atomic E-state index is 12.7. The van der Waals surface area contributed by atoms with E-state index in [2.05, 4.69) is 0 Å². The molecular formula is C11H17F6N. The average Bonchev–Trinajstić information content (AvgIpc) is 2.24. The third-order valence-corrected chi connectivity index (χ3v) is 3.55. The molecule has 1 rings (SSSR count). The lowest BCUT2D eigenvalue weighted by Crippen LogP contribution is -2.43. The molecule has 0 spiro atoms. The van der Waals surface area contributed by atoms with Gasteiger partial charge in [0.2, 0.25) is 0 Å². The van der Waals surface area contributed by atoms with Crippen LogP contribution in [0.25, 0.3) is 0 Å². The smallest absolute Gasteiger partial charge is 0.327 e. The zero-order chi connectivity index (χ0) is 14.0. The molecule has 0 heterocycles. The summed E-state index contributed by atoms with van der Waals surface area (Å²) >= 11 is 0. The van der Waals surface area contributed by atoms with E-state index in [1.807, 2.05) is 0 Å². The van der Waals surface area contributed by atoms with Crippen LogP contribution in [0.5, 0.6) is 0 Å². The van der Waals surface area contributed by atoms with Crippen molar-refractivity contribution < 1.29 is 26.3 Å². The second-order valence-electron chi connectivity index (χ2n) is 4.91. The molecule has 0 amide bonds. The van der Waals surface area contributed by atoms with Gasteiger partial charge in [0.05, 0.1) is 5.92 Å². The van der Waals surface area contributed by atoms with Crippen molar-refractivity contribution in [2.24, 2.45) is 17.6 Å². The van der Waals surface area contributed by atoms with Crippen LogP contribution >= 0.6 is 0 Å². The second kappa shape index (κ2) is 5.67. The predicted octanol–water partition coefficient (Wildman–Crippen LogP) is 4.02. The van der Waals surface area contributed by atoms with Crippen LogP contribution in [0, 0.1) is 11.8 Å². The first-order chi connectivity index (χ1) is 8.11. The Morgan fingerprint density at radius 2 is 1.56 bits per heavy atom. The normalized spacial score (nSPS) is 28.2. The molecule has 0 aromatic heterocycles. The molecular weight excluding hydrogens is 260 g/mol. The van der Waals surface area contributed by atoms with E-state index in [9.17, 15) is 26.3 Å². The predicted molar refractivity (Wildman–Crippen MR) is 54.8 cm³/mol. The van der Waals surface area contributed by atoms with Gasteiger partial charge in [0.1, 0.15) is 0 Å². The van der Waals surface area contributed by atoms with Gasteiger partial charge in [-0.3, -0.25) is 0 Å². The maximum atomic E-state index is 12.7. The minimum Gasteiger partial charge on any atom is -0.327 e. The first-order valence-corrected chi connectivity index (χ1v) is 6.00. The van der Waals surface area contributed by atoms with Gasteiger partial charge in [-0.25, -0.2) is 0 Å². The molecule has 1 aliphatic carbocycles. The molecule has 0 aromatic rings. The Kier molecular flexibility index (Phi) is 4.91. The number of alkyl halides is 6. The summed E-state index contributed by atoms with van der Waals surface area (Å²) in [4.78, 5) is 0. The first-order valence-electron chi connectivity index (χ1n) is 6.00. The van der Waals surface area contributed by atoms with Gasteiger partial charge < -0.3 is 5.73 Å². The Morgan fingerprint density at radius 1 is 1.00 bits per heavy atom. The van der Waals surface area contributed by atoms with E-state index >= 15 is 0 Å². The minimum atomic E-state index is -4.36. The van der Waals surface area contributed by atoms with E-state index in [4.69, 9.17) is 5.73 Å². The molecule has 2 N–H and O–H groups in total. The summed E-state index contributed by atoms with van der Waals surface area (Å²) in [5.41, 5.74) is 5.54. The number of nitrogens with two attached hydrogens (primary N) is 1. The van der Waals surface area contributed by atoms with Crippen molar-refractivity contribution >= 4 is 0 Å². The van der Waals surface area contributed by atoms with Crippen LogP contribution in [0.1, 0.15) is 38.5 Å². The summed E-state index contributed by atoms with van der Waals surface area (Å²) in [6.45, 7) is 0. The van der Waals surface area contributed by atoms with Crippen molar-refractivity contribution in [1.82, 2.24) is 0 Å². The van der Waals surface area contributed by atoms with Crippen molar-refractivity contribution in [3.8, 4) is 0 Å². The lowest BCUT2D eigenvalue weighted by atomic mass is 9.74. The van der Waals surface area contributed by atoms with Crippen LogP contribution in [-0.2, 0) is 0 Å². The molecule has 1 fully saturated rings. The number of hydrogen-bond acceptors (Lipinski definition) is 1. The molecule has 18 heavy (non-hydrogen) atoms. The van der Waals surface area contributed by atoms with Gasteiger partial charge in [-0.1, -0.05) is 12.8 Å². The summed E-state index contributed by atoms with van der Waals surface area (Å²) in [5, 5.41) is 0. The molecule has 1 aliphatic rings. The highest BCUT2D eigenvalue weighted by molar-refractivity contribution is 4.87. The first kappa shape index (κ1) is 15.6. The summed E-state index contributed by atoms with van der Waals surface area (Å²) in [5.74, 6) is -2.42. The van der Waals surface area contributed by atoms with Gasteiger partial charge in [-0.2, -0.15) is 26.3 Å². The summed E-state index contributed by atoms with van der Waals surface area (Å²) in [6, 6.07) is -1.03. The third-order valence-electron chi connectivity index (χ3n) is 3.55. The lowest BCUT2D eigenvalue weighted by molar-refractivity contribution is -0.199. The van der Waals surface area contributed by atoms with E-state index in [1.165, 1.54) is 0 Å². The van der Waals surface area contributed by atoms with Gasteiger partial charge in [0.15, 0.2) is 0 Å².